The number of nitrogens with zero attached hydrogens (tertiary/aromatic N) is 2. The summed E-state index contributed by atoms with van der Waals surface area (Å²) >= 11 is 0. The molecule has 2 nitrogen and oxygen atoms in total. The van der Waals surface area contributed by atoms with E-state index in [9.17, 15) is 0 Å². The van der Waals surface area contributed by atoms with Gasteiger partial charge >= 0.3 is 0 Å². The number of hydrogen-bond acceptors (Lipinski definition) is 2. The maximum atomic E-state index is 2.28. The zero-order chi connectivity index (χ0) is 34.1. The molecule has 0 spiro atoms. The summed E-state index contributed by atoms with van der Waals surface area (Å²) in [4.78, 5) is 4.56. The van der Waals surface area contributed by atoms with Crippen molar-refractivity contribution in [1.29, 1.82) is 0 Å². The molecular formula is C48H40N2. The first kappa shape index (κ1) is 33.3. The molecule has 0 radical (unpaired) electrons. The van der Waals surface area contributed by atoms with Crippen LogP contribution in [0, 0.1) is 0 Å². The van der Waals surface area contributed by atoms with Crippen molar-refractivity contribution in [1.82, 2.24) is 0 Å². The molecule has 0 fully saturated rings. The van der Waals surface area contributed by atoms with Crippen LogP contribution < -0.4 is 9.80 Å². The molecule has 0 aliphatic rings. The van der Waals surface area contributed by atoms with E-state index in [0.29, 0.717) is 0 Å². The van der Waals surface area contributed by atoms with Gasteiger partial charge in [0.2, 0.25) is 0 Å². The van der Waals surface area contributed by atoms with Gasteiger partial charge < -0.3 is 9.80 Å². The summed E-state index contributed by atoms with van der Waals surface area (Å²) in [6.45, 7) is 0. The number of anilines is 6. The minimum absolute atomic E-state index is 1.13. The van der Waals surface area contributed by atoms with E-state index in [-0.39, 0.29) is 0 Å². The molecule has 242 valence electrons. The van der Waals surface area contributed by atoms with E-state index >= 15 is 0 Å². The van der Waals surface area contributed by atoms with Crippen LogP contribution in [-0.4, -0.2) is 0 Å². The van der Waals surface area contributed by atoms with Crippen molar-refractivity contribution in [3.8, 4) is 11.1 Å². The van der Waals surface area contributed by atoms with Crippen molar-refractivity contribution in [2.24, 2.45) is 0 Å². The first-order valence-electron chi connectivity index (χ1n) is 16.9. The molecule has 0 atom stereocenters. The molecule has 0 saturated heterocycles. The van der Waals surface area contributed by atoms with Gasteiger partial charge in [0, 0.05) is 34.1 Å². The summed E-state index contributed by atoms with van der Waals surface area (Å²) in [6.07, 6.45) is 0. The van der Waals surface area contributed by atoms with E-state index < -0.39 is 0 Å². The molecule has 0 aliphatic heterocycles. The van der Waals surface area contributed by atoms with E-state index in [1.807, 2.05) is 72.8 Å². The van der Waals surface area contributed by atoms with Gasteiger partial charge in [-0.25, -0.2) is 0 Å². The van der Waals surface area contributed by atoms with Crippen molar-refractivity contribution in [3.05, 3.63) is 243 Å². The normalized spacial score (nSPS) is 10.0. The van der Waals surface area contributed by atoms with Gasteiger partial charge in [-0.1, -0.05) is 170 Å². The van der Waals surface area contributed by atoms with Gasteiger partial charge in [-0.2, -0.15) is 0 Å². The molecule has 0 saturated carbocycles. The molecule has 0 aromatic heterocycles. The lowest BCUT2D eigenvalue weighted by Crippen LogP contribution is -2.09. The SMILES string of the molecule is c1ccc(N(c2ccccc2)c2ccc(-c3ccc(N(c4ccccc4)c4ccccc4)cc3)cc2)cc1.c1ccccc1.c1ccccc1. The summed E-state index contributed by atoms with van der Waals surface area (Å²) in [5.74, 6) is 0. The van der Waals surface area contributed by atoms with Crippen LogP contribution in [0.25, 0.3) is 11.1 Å². The zero-order valence-corrected chi connectivity index (χ0v) is 28.0. The molecule has 0 heterocycles. The second kappa shape index (κ2) is 18.1. The average Bonchev–Trinajstić information content (AvgIpc) is 3.22. The van der Waals surface area contributed by atoms with E-state index in [1.165, 1.54) is 11.1 Å². The highest BCUT2D eigenvalue weighted by atomic mass is 15.1. The lowest BCUT2D eigenvalue weighted by Gasteiger charge is -2.26. The standard InChI is InChI=1S/C36H28N2.2C6H6/c1-5-13-31(14-6-1)37(32-15-7-2-8-16-32)35-25-21-29(22-26-35)30-23-27-36(28-24-30)38(33-17-9-3-10-18-33)34-19-11-4-12-20-34;2*1-2-4-6-5-3-1/h1-28H;2*1-6H. The predicted octanol–water partition coefficient (Wildman–Crippen LogP) is 13.7. The third-order valence-corrected chi connectivity index (χ3v) is 7.98. The molecule has 0 unspecified atom stereocenters. The van der Waals surface area contributed by atoms with Gasteiger partial charge in [0.05, 0.1) is 0 Å². The second-order valence-electron chi connectivity index (χ2n) is 11.4. The molecule has 8 rings (SSSR count). The first-order chi connectivity index (χ1) is 24.9. The lowest BCUT2D eigenvalue weighted by molar-refractivity contribution is 1.28. The van der Waals surface area contributed by atoms with Crippen LogP contribution in [0.5, 0.6) is 0 Å². The number of rotatable bonds is 7. The van der Waals surface area contributed by atoms with Crippen LogP contribution in [0.15, 0.2) is 243 Å². The highest BCUT2D eigenvalue weighted by molar-refractivity contribution is 5.80. The van der Waals surface area contributed by atoms with E-state index in [0.717, 1.165) is 34.1 Å². The molecular weight excluding hydrogens is 605 g/mol. The molecule has 0 amide bonds. The fourth-order valence-corrected chi connectivity index (χ4v) is 5.58. The Morgan fingerprint density at radius 3 is 0.520 bits per heavy atom. The monoisotopic (exact) mass is 644 g/mol. The Kier molecular flexibility index (Phi) is 12.0. The minimum Gasteiger partial charge on any atom is -0.311 e. The van der Waals surface area contributed by atoms with Crippen molar-refractivity contribution >= 4 is 34.1 Å². The third kappa shape index (κ3) is 9.25. The van der Waals surface area contributed by atoms with Gasteiger partial charge in [-0.3, -0.25) is 0 Å². The van der Waals surface area contributed by atoms with Crippen LogP contribution in [-0.2, 0) is 0 Å². The smallest absolute Gasteiger partial charge is 0.0462 e. The highest BCUT2D eigenvalue weighted by Crippen LogP contribution is 2.37. The summed E-state index contributed by atoms with van der Waals surface area (Å²) in [7, 11) is 0. The fourth-order valence-electron chi connectivity index (χ4n) is 5.58. The van der Waals surface area contributed by atoms with Crippen LogP contribution in [0.1, 0.15) is 0 Å². The quantitative estimate of drug-likeness (QED) is 0.170. The fraction of sp³-hybridized carbons (Fsp3) is 0. The molecule has 2 heteroatoms. The average molecular weight is 645 g/mol. The molecule has 8 aromatic carbocycles. The van der Waals surface area contributed by atoms with Crippen LogP contribution in [0.2, 0.25) is 0 Å². The van der Waals surface area contributed by atoms with Crippen molar-refractivity contribution in [2.75, 3.05) is 9.80 Å². The maximum absolute atomic E-state index is 2.28. The highest BCUT2D eigenvalue weighted by Gasteiger charge is 2.14. The first-order valence-corrected chi connectivity index (χ1v) is 16.9. The summed E-state index contributed by atoms with van der Waals surface area (Å²) < 4.78 is 0. The maximum Gasteiger partial charge on any atom is 0.0462 e. The second-order valence-corrected chi connectivity index (χ2v) is 11.4. The number of hydrogen-bond donors (Lipinski definition) is 0. The Morgan fingerprint density at radius 2 is 0.320 bits per heavy atom. The van der Waals surface area contributed by atoms with E-state index in [2.05, 4.69) is 180 Å². The molecule has 0 N–H and O–H groups in total. The van der Waals surface area contributed by atoms with Gasteiger partial charge in [0.1, 0.15) is 0 Å². The molecule has 0 aliphatic carbocycles. The zero-order valence-electron chi connectivity index (χ0n) is 28.0. The topological polar surface area (TPSA) is 6.48 Å². The van der Waals surface area contributed by atoms with Gasteiger partial charge in [-0.05, 0) is 83.9 Å². The lowest BCUT2D eigenvalue weighted by atomic mass is 10.0. The molecule has 50 heavy (non-hydrogen) atoms. The van der Waals surface area contributed by atoms with Gasteiger partial charge in [0.25, 0.3) is 0 Å². The van der Waals surface area contributed by atoms with Crippen LogP contribution in [0.3, 0.4) is 0 Å². The van der Waals surface area contributed by atoms with Gasteiger partial charge in [0.15, 0.2) is 0 Å². The molecule has 8 aromatic rings. The Balaban J connectivity index is 0.000000303. The Bertz CT molecular complexity index is 1760. The van der Waals surface area contributed by atoms with E-state index in [1.54, 1.807) is 0 Å². The van der Waals surface area contributed by atoms with Crippen molar-refractivity contribution in [3.63, 3.8) is 0 Å². The van der Waals surface area contributed by atoms with Crippen LogP contribution in [0.4, 0.5) is 34.1 Å². The van der Waals surface area contributed by atoms with Gasteiger partial charge in [-0.15, -0.1) is 0 Å². The minimum atomic E-state index is 1.13. The summed E-state index contributed by atoms with van der Waals surface area (Å²) in [5.41, 5.74) is 9.18. The molecule has 0 bridgehead atoms. The Hall–Kier alpha value is -6.64. The van der Waals surface area contributed by atoms with Crippen LogP contribution >= 0.6 is 0 Å². The Labute approximate surface area is 296 Å². The number of para-hydroxylation sites is 4. The number of benzene rings is 8. The summed E-state index contributed by atoms with van der Waals surface area (Å²) in [5, 5.41) is 0. The Morgan fingerprint density at radius 1 is 0.160 bits per heavy atom. The summed E-state index contributed by atoms with van der Waals surface area (Å²) in [6, 6.07) is 83.6. The van der Waals surface area contributed by atoms with E-state index in [4.69, 9.17) is 0 Å². The third-order valence-electron chi connectivity index (χ3n) is 7.98. The largest absolute Gasteiger partial charge is 0.311 e. The van der Waals surface area contributed by atoms with Crippen molar-refractivity contribution in [2.45, 2.75) is 0 Å². The predicted molar refractivity (Wildman–Crippen MR) is 214 cm³/mol. The van der Waals surface area contributed by atoms with Crippen molar-refractivity contribution < 1.29 is 0 Å².